The molecule has 7 nitrogen and oxygen atoms in total. The molecule has 0 aromatic heterocycles. The third kappa shape index (κ3) is 3.57. The standard InChI is InChI=1S/C21H20N2O5/c1-2-3-12-22-18(13-8-10-14(11-9-13)23(27)28)17-19(24)15-6-4-5-7-16(15)20(25)21(17)26/h4-11,18,22,24H,2-3,12H2,1H3. The second kappa shape index (κ2) is 8.14. The highest BCUT2D eigenvalue weighted by atomic mass is 16.6. The summed E-state index contributed by atoms with van der Waals surface area (Å²) in [6.45, 7) is 2.57. The van der Waals surface area contributed by atoms with Crippen molar-refractivity contribution < 1.29 is 19.6 Å². The Bertz CT molecular complexity index is 963. The fraction of sp³-hybridized carbons (Fsp3) is 0.238. The van der Waals surface area contributed by atoms with Gasteiger partial charge >= 0.3 is 0 Å². The Kier molecular flexibility index (Phi) is 5.65. The number of carbonyl (C=O) groups excluding carboxylic acids is 2. The maximum atomic E-state index is 12.8. The molecule has 0 spiro atoms. The molecule has 0 radical (unpaired) electrons. The summed E-state index contributed by atoms with van der Waals surface area (Å²) < 4.78 is 0. The second-order valence-corrected chi connectivity index (χ2v) is 6.56. The normalized spacial score (nSPS) is 14.8. The van der Waals surface area contributed by atoms with Gasteiger partial charge in [-0.05, 0) is 18.5 Å². The maximum Gasteiger partial charge on any atom is 0.269 e. The van der Waals surface area contributed by atoms with Crippen molar-refractivity contribution in [3.05, 3.63) is 80.9 Å². The SMILES string of the molecule is CCCCNC(C1=C(O)c2ccccc2C(=O)C1=O)c1ccc([N+](=O)[O-])cc1. The number of hydrogen-bond acceptors (Lipinski definition) is 6. The van der Waals surface area contributed by atoms with Gasteiger partial charge in [-0.15, -0.1) is 0 Å². The zero-order chi connectivity index (χ0) is 20.3. The number of aliphatic hydroxyl groups is 1. The lowest BCUT2D eigenvalue weighted by molar-refractivity contribution is -0.384. The van der Waals surface area contributed by atoms with E-state index in [0.29, 0.717) is 17.7 Å². The van der Waals surface area contributed by atoms with Crippen molar-refractivity contribution >= 4 is 23.0 Å². The van der Waals surface area contributed by atoms with Gasteiger partial charge in [0, 0.05) is 23.3 Å². The lowest BCUT2D eigenvalue weighted by Crippen LogP contribution is -2.34. The van der Waals surface area contributed by atoms with Crippen molar-refractivity contribution in [3.8, 4) is 0 Å². The maximum absolute atomic E-state index is 12.8. The molecule has 144 valence electrons. The summed E-state index contributed by atoms with van der Waals surface area (Å²) in [5.74, 6) is -1.69. The van der Waals surface area contributed by atoms with Crippen molar-refractivity contribution in [2.24, 2.45) is 0 Å². The lowest BCUT2D eigenvalue weighted by atomic mass is 9.83. The van der Waals surface area contributed by atoms with Gasteiger partial charge in [0.25, 0.3) is 5.69 Å². The van der Waals surface area contributed by atoms with E-state index >= 15 is 0 Å². The number of fused-ring (bicyclic) bond motifs is 1. The van der Waals surface area contributed by atoms with Crippen LogP contribution in [0.1, 0.15) is 47.3 Å². The zero-order valence-electron chi connectivity index (χ0n) is 15.3. The highest BCUT2D eigenvalue weighted by molar-refractivity contribution is 6.52. The van der Waals surface area contributed by atoms with E-state index in [1.165, 1.54) is 30.3 Å². The van der Waals surface area contributed by atoms with Crippen LogP contribution in [0.25, 0.3) is 5.76 Å². The summed E-state index contributed by atoms with van der Waals surface area (Å²) >= 11 is 0. The predicted octanol–water partition coefficient (Wildman–Crippen LogP) is 3.76. The van der Waals surface area contributed by atoms with Gasteiger partial charge in [-0.2, -0.15) is 0 Å². The van der Waals surface area contributed by atoms with E-state index in [2.05, 4.69) is 5.32 Å². The molecule has 1 unspecified atom stereocenters. The first-order chi connectivity index (χ1) is 13.5. The van der Waals surface area contributed by atoms with Gasteiger partial charge in [-0.1, -0.05) is 49.7 Å². The second-order valence-electron chi connectivity index (χ2n) is 6.56. The Labute approximate surface area is 161 Å². The Balaban J connectivity index is 2.10. The summed E-state index contributed by atoms with van der Waals surface area (Å²) in [7, 11) is 0. The third-order valence-corrected chi connectivity index (χ3v) is 4.74. The van der Waals surface area contributed by atoms with Gasteiger partial charge in [0.1, 0.15) is 5.76 Å². The molecule has 0 saturated carbocycles. The first-order valence-corrected chi connectivity index (χ1v) is 9.05. The highest BCUT2D eigenvalue weighted by Gasteiger charge is 2.37. The van der Waals surface area contributed by atoms with Crippen LogP contribution in [0.15, 0.2) is 54.1 Å². The van der Waals surface area contributed by atoms with Gasteiger partial charge < -0.3 is 10.4 Å². The summed E-state index contributed by atoms with van der Waals surface area (Å²) in [6, 6.07) is 11.4. The van der Waals surface area contributed by atoms with Crippen LogP contribution in [-0.4, -0.2) is 28.1 Å². The smallest absolute Gasteiger partial charge is 0.269 e. The van der Waals surface area contributed by atoms with E-state index in [-0.39, 0.29) is 22.6 Å². The van der Waals surface area contributed by atoms with Crippen molar-refractivity contribution in [2.75, 3.05) is 6.54 Å². The number of rotatable bonds is 7. The van der Waals surface area contributed by atoms with Gasteiger partial charge in [-0.25, -0.2) is 0 Å². The molecule has 0 aliphatic heterocycles. The van der Waals surface area contributed by atoms with Crippen LogP contribution in [0.5, 0.6) is 0 Å². The fourth-order valence-corrected chi connectivity index (χ4v) is 3.25. The fourth-order valence-electron chi connectivity index (χ4n) is 3.25. The number of nitro groups is 1. The number of hydrogen-bond donors (Lipinski definition) is 2. The predicted molar refractivity (Wildman–Crippen MR) is 104 cm³/mol. The molecule has 0 fully saturated rings. The summed E-state index contributed by atoms with van der Waals surface area (Å²) in [5.41, 5.74) is 0.930. The monoisotopic (exact) mass is 380 g/mol. The van der Waals surface area contributed by atoms with Crippen LogP contribution in [-0.2, 0) is 4.79 Å². The third-order valence-electron chi connectivity index (χ3n) is 4.74. The van der Waals surface area contributed by atoms with E-state index in [0.717, 1.165) is 12.8 Å². The molecule has 28 heavy (non-hydrogen) atoms. The van der Waals surface area contributed by atoms with Crippen LogP contribution >= 0.6 is 0 Å². The number of nitro benzene ring substituents is 1. The Hall–Kier alpha value is -3.32. The Morgan fingerprint density at radius 2 is 1.68 bits per heavy atom. The van der Waals surface area contributed by atoms with E-state index in [1.807, 2.05) is 6.92 Å². The van der Waals surface area contributed by atoms with E-state index in [9.17, 15) is 24.8 Å². The Morgan fingerprint density at radius 1 is 1.04 bits per heavy atom. The summed E-state index contributed by atoms with van der Waals surface area (Å²) in [5, 5.41) is 24.9. The quantitative estimate of drug-likeness (QED) is 0.328. The minimum atomic E-state index is -0.774. The minimum Gasteiger partial charge on any atom is -0.507 e. The molecule has 0 heterocycles. The first-order valence-electron chi connectivity index (χ1n) is 9.05. The molecule has 7 heteroatoms. The van der Waals surface area contributed by atoms with Gasteiger partial charge in [0.15, 0.2) is 0 Å². The molecule has 2 aromatic carbocycles. The van der Waals surface area contributed by atoms with Gasteiger partial charge in [0.2, 0.25) is 11.6 Å². The first kappa shape index (κ1) is 19.4. The summed E-state index contributed by atoms with van der Waals surface area (Å²) in [4.78, 5) is 35.8. The van der Waals surface area contributed by atoms with Crippen molar-refractivity contribution in [3.63, 3.8) is 0 Å². The van der Waals surface area contributed by atoms with Crippen molar-refractivity contribution in [2.45, 2.75) is 25.8 Å². The topological polar surface area (TPSA) is 110 Å². The van der Waals surface area contributed by atoms with Crippen LogP contribution in [0.2, 0.25) is 0 Å². The largest absolute Gasteiger partial charge is 0.507 e. The van der Waals surface area contributed by atoms with Crippen LogP contribution in [0, 0.1) is 10.1 Å². The molecule has 1 aliphatic carbocycles. The van der Waals surface area contributed by atoms with E-state index in [4.69, 9.17) is 0 Å². The van der Waals surface area contributed by atoms with Crippen LogP contribution < -0.4 is 5.32 Å². The molecule has 1 aliphatic rings. The average Bonchev–Trinajstić information content (AvgIpc) is 2.71. The highest BCUT2D eigenvalue weighted by Crippen LogP contribution is 2.35. The van der Waals surface area contributed by atoms with Crippen molar-refractivity contribution in [1.29, 1.82) is 0 Å². The molecular formula is C21H20N2O5. The number of nitrogens with one attached hydrogen (secondary N) is 1. The number of non-ortho nitro benzene ring substituents is 1. The Morgan fingerprint density at radius 3 is 2.29 bits per heavy atom. The molecule has 0 amide bonds. The van der Waals surface area contributed by atoms with Crippen LogP contribution in [0.4, 0.5) is 5.69 Å². The molecule has 0 saturated heterocycles. The van der Waals surface area contributed by atoms with Crippen molar-refractivity contribution in [1.82, 2.24) is 5.32 Å². The molecule has 1 atom stereocenters. The number of benzene rings is 2. The molecule has 2 N–H and O–H groups in total. The van der Waals surface area contributed by atoms with Crippen LogP contribution in [0.3, 0.4) is 0 Å². The lowest BCUT2D eigenvalue weighted by Gasteiger charge is -2.26. The number of Topliss-reactive ketones (excluding diaryl/α,β-unsaturated/α-hetero) is 2. The molecule has 2 aromatic rings. The number of aliphatic hydroxyl groups excluding tert-OH is 1. The van der Waals surface area contributed by atoms with E-state index in [1.54, 1.807) is 18.2 Å². The zero-order valence-corrected chi connectivity index (χ0v) is 15.3. The number of nitrogens with zero attached hydrogens (tertiary/aromatic N) is 1. The molecule has 3 rings (SSSR count). The number of carbonyl (C=O) groups is 2. The minimum absolute atomic E-state index is 0.0337. The number of unbranched alkanes of at least 4 members (excludes halogenated alkanes) is 1. The van der Waals surface area contributed by atoms with E-state index < -0.39 is 22.5 Å². The number of ketones is 2. The molecule has 0 bridgehead atoms. The molecular weight excluding hydrogens is 360 g/mol. The summed E-state index contributed by atoms with van der Waals surface area (Å²) in [6.07, 6.45) is 1.75. The van der Waals surface area contributed by atoms with Gasteiger partial charge in [0.05, 0.1) is 16.5 Å². The average molecular weight is 380 g/mol. The van der Waals surface area contributed by atoms with Gasteiger partial charge in [-0.3, -0.25) is 19.7 Å².